The van der Waals surface area contributed by atoms with E-state index >= 15 is 0 Å². The number of hydrogen-bond acceptors (Lipinski definition) is 6. The largest absolute Gasteiger partial charge is 0.376 e. The predicted octanol–water partition coefficient (Wildman–Crippen LogP) is 4.36. The van der Waals surface area contributed by atoms with Crippen molar-refractivity contribution in [2.75, 3.05) is 17.7 Å². The fourth-order valence-corrected chi connectivity index (χ4v) is 4.63. The minimum absolute atomic E-state index is 0.112. The Bertz CT molecular complexity index is 998. The van der Waals surface area contributed by atoms with Gasteiger partial charge >= 0.3 is 0 Å². The highest BCUT2D eigenvalue weighted by molar-refractivity contribution is 7.99. The number of aryl methyl sites for hydroxylation is 1. The monoisotopic (exact) mass is 432 g/mol. The van der Waals surface area contributed by atoms with Gasteiger partial charge in [0.1, 0.15) is 5.82 Å². The van der Waals surface area contributed by atoms with Crippen molar-refractivity contribution >= 4 is 34.7 Å². The van der Waals surface area contributed by atoms with Crippen molar-refractivity contribution in [1.82, 2.24) is 14.8 Å². The number of hydrogen-bond donors (Lipinski definition) is 1. The van der Waals surface area contributed by atoms with E-state index in [0.29, 0.717) is 11.7 Å². The molecule has 0 radical (unpaired) electrons. The van der Waals surface area contributed by atoms with Gasteiger partial charge in [0.2, 0.25) is 5.91 Å². The Balaban J connectivity index is 1.49. The van der Waals surface area contributed by atoms with Gasteiger partial charge in [-0.2, -0.15) is 0 Å². The first-order valence-electron chi connectivity index (χ1n) is 9.37. The molecule has 1 N–H and O–H groups in total. The maximum absolute atomic E-state index is 13.7. The number of aromatic nitrogens is 3. The number of thiophene rings is 1. The van der Waals surface area contributed by atoms with E-state index in [0.717, 1.165) is 30.8 Å². The van der Waals surface area contributed by atoms with Crippen molar-refractivity contribution in [3.63, 3.8) is 0 Å². The number of amides is 1. The fourth-order valence-electron chi connectivity index (χ4n) is 3.21. The van der Waals surface area contributed by atoms with Crippen molar-refractivity contribution < 1.29 is 13.9 Å². The van der Waals surface area contributed by atoms with Crippen LogP contribution in [0.4, 0.5) is 10.1 Å². The van der Waals surface area contributed by atoms with E-state index in [4.69, 9.17) is 4.74 Å². The number of halogens is 1. The molecule has 0 bridgehead atoms. The van der Waals surface area contributed by atoms with Gasteiger partial charge in [-0.1, -0.05) is 23.9 Å². The Labute approximate surface area is 176 Å². The van der Waals surface area contributed by atoms with Crippen LogP contribution in [0.3, 0.4) is 0 Å². The second-order valence-electron chi connectivity index (χ2n) is 6.81. The van der Waals surface area contributed by atoms with E-state index in [1.165, 1.54) is 28.8 Å². The number of nitrogens with zero attached hydrogens (tertiary/aromatic N) is 3. The molecule has 0 spiro atoms. The number of benzene rings is 1. The molecule has 3 heterocycles. The molecule has 1 unspecified atom stereocenters. The third-order valence-electron chi connectivity index (χ3n) is 4.60. The van der Waals surface area contributed by atoms with E-state index in [1.807, 2.05) is 4.57 Å². The van der Waals surface area contributed by atoms with Gasteiger partial charge in [0.15, 0.2) is 11.0 Å². The minimum Gasteiger partial charge on any atom is -0.376 e. The van der Waals surface area contributed by atoms with Crippen molar-refractivity contribution in [1.29, 1.82) is 0 Å². The SMILES string of the molecule is Cc1cc(-c2nnc(SCC(=O)Nc3ccccc3F)n2CC2CCCO2)cs1. The predicted molar refractivity (Wildman–Crippen MR) is 113 cm³/mol. The zero-order valence-corrected chi connectivity index (χ0v) is 17.6. The highest BCUT2D eigenvalue weighted by atomic mass is 32.2. The van der Waals surface area contributed by atoms with Crippen LogP contribution in [-0.2, 0) is 16.1 Å². The minimum atomic E-state index is -0.456. The van der Waals surface area contributed by atoms with Crippen molar-refractivity contribution in [3.8, 4) is 11.4 Å². The van der Waals surface area contributed by atoms with Gasteiger partial charge in [-0.25, -0.2) is 4.39 Å². The average molecular weight is 433 g/mol. The molecule has 1 amide bonds. The van der Waals surface area contributed by atoms with Crippen LogP contribution in [0, 0.1) is 12.7 Å². The van der Waals surface area contributed by atoms with Crippen LogP contribution >= 0.6 is 23.1 Å². The molecule has 6 nitrogen and oxygen atoms in total. The molecular formula is C20H21FN4O2S2. The van der Waals surface area contributed by atoms with Crippen molar-refractivity contribution in [2.24, 2.45) is 0 Å². The number of carbonyl (C=O) groups is 1. The molecule has 1 saturated heterocycles. The van der Waals surface area contributed by atoms with Crippen LogP contribution in [-0.4, -0.2) is 39.1 Å². The summed E-state index contributed by atoms with van der Waals surface area (Å²) in [6.45, 7) is 3.47. The number of nitrogens with one attached hydrogen (secondary N) is 1. The lowest BCUT2D eigenvalue weighted by atomic mass is 10.2. The van der Waals surface area contributed by atoms with Crippen molar-refractivity contribution in [2.45, 2.75) is 37.6 Å². The Hall–Kier alpha value is -2.23. The van der Waals surface area contributed by atoms with E-state index in [9.17, 15) is 9.18 Å². The summed E-state index contributed by atoms with van der Waals surface area (Å²) in [6.07, 6.45) is 2.17. The van der Waals surface area contributed by atoms with Gasteiger partial charge in [-0.15, -0.1) is 21.5 Å². The van der Waals surface area contributed by atoms with Crippen LogP contribution in [0.15, 0.2) is 40.9 Å². The van der Waals surface area contributed by atoms with Crippen LogP contribution in [0.25, 0.3) is 11.4 Å². The molecule has 1 atom stereocenters. The van der Waals surface area contributed by atoms with Crippen LogP contribution in [0.5, 0.6) is 0 Å². The molecular weight excluding hydrogens is 411 g/mol. The van der Waals surface area contributed by atoms with E-state index in [1.54, 1.807) is 23.5 Å². The van der Waals surface area contributed by atoms with E-state index < -0.39 is 5.82 Å². The second kappa shape index (κ2) is 9.06. The first-order valence-corrected chi connectivity index (χ1v) is 11.2. The molecule has 0 aliphatic carbocycles. The zero-order chi connectivity index (χ0) is 20.2. The highest BCUT2D eigenvalue weighted by Gasteiger charge is 2.22. The molecule has 1 aliphatic heterocycles. The first kappa shape index (κ1) is 20.1. The lowest BCUT2D eigenvalue weighted by molar-refractivity contribution is -0.113. The number of anilines is 1. The lowest BCUT2D eigenvalue weighted by Gasteiger charge is -2.14. The van der Waals surface area contributed by atoms with E-state index in [2.05, 4.69) is 33.9 Å². The Kier molecular flexibility index (Phi) is 6.27. The van der Waals surface area contributed by atoms with Gasteiger partial charge in [0.05, 0.1) is 24.1 Å². The average Bonchev–Trinajstić information content (AvgIpc) is 3.44. The Morgan fingerprint density at radius 2 is 2.28 bits per heavy atom. The Morgan fingerprint density at radius 1 is 1.41 bits per heavy atom. The number of para-hydroxylation sites is 1. The molecule has 0 saturated carbocycles. The quantitative estimate of drug-likeness (QED) is 0.562. The molecule has 1 aromatic carbocycles. The number of carbonyl (C=O) groups excluding carboxylic acids is 1. The summed E-state index contributed by atoms with van der Waals surface area (Å²) in [7, 11) is 0. The number of ether oxygens (including phenoxy) is 1. The topological polar surface area (TPSA) is 69.0 Å². The summed E-state index contributed by atoms with van der Waals surface area (Å²) in [5.74, 6) is 0.143. The summed E-state index contributed by atoms with van der Waals surface area (Å²) in [5.41, 5.74) is 1.19. The summed E-state index contributed by atoms with van der Waals surface area (Å²) >= 11 is 2.95. The smallest absolute Gasteiger partial charge is 0.234 e. The summed E-state index contributed by atoms with van der Waals surface area (Å²) in [4.78, 5) is 13.5. The third-order valence-corrected chi connectivity index (χ3v) is 6.42. The van der Waals surface area contributed by atoms with Gasteiger partial charge in [0, 0.05) is 22.4 Å². The van der Waals surface area contributed by atoms with Gasteiger partial charge < -0.3 is 10.1 Å². The molecule has 9 heteroatoms. The molecule has 152 valence electrons. The van der Waals surface area contributed by atoms with Crippen LogP contribution < -0.4 is 5.32 Å². The first-order chi connectivity index (χ1) is 14.1. The van der Waals surface area contributed by atoms with Gasteiger partial charge in [-0.3, -0.25) is 9.36 Å². The molecule has 29 heavy (non-hydrogen) atoms. The lowest BCUT2D eigenvalue weighted by Crippen LogP contribution is -2.18. The molecule has 2 aromatic heterocycles. The third kappa shape index (κ3) is 4.85. The normalized spacial score (nSPS) is 16.3. The summed E-state index contributed by atoms with van der Waals surface area (Å²) in [6, 6.07) is 8.20. The Morgan fingerprint density at radius 3 is 3.00 bits per heavy atom. The molecule has 4 rings (SSSR count). The zero-order valence-electron chi connectivity index (χ0n) is 15.9. The maximum atomic E-state index is 13.7. The maximum Gasteiger partial charge on any atom is 0.234 e. The van der Waals surface area contributed by atoms with Crippen LogP contribution in [0.2, 0.25) is 0 Å². The second-order valence-corrected chi connectivity index (χ2v) is 8.87. The van der Waals surface area contributed by atoms with E-state index in [-0.39, 0.29) is 23.5 Å². The fraction of sp³-hybridized carbons (Fsp3) is 0.350. The molecule has 3 aromatic rings. The summed E-state index contributed by atoms with van der Waals surface area (Å²) < 4.78 is 21.6. The molecule has 1 aliphatic rings. The van der Waals surface area contributed by atoms with Crippen LogP contribution in [0.1, 0.15) is 17.7 Å². The summed E-state index contributed by atoms with van der Waals surface area (Å²) in [5, 5.41) is 14.0. The van der Waals surface area contributed by atoms with Gasteiger partial charge in [0.25, 0.3) is 0 Å². The number of thioether (sulfide) groups is 1. The van der Waals surface area contributed by atoms with Gasteiger partial charge in [-0.05, 0) is 38.0 Å². The highest BCUT2D eigenvalue weighted by Crippen LogP contribution is 2.29. The number of rotatable bonds is 7. The standard InChI is InChI=1S/C20H21FN4O2S2/c1-13-9-14(11-28-13)19-23-24-20(25(19)10-15-5-4-8-27-15)29-12-18(26)22-17-7-3-2-6-16(17)21/h2-3,6-7,9,11,15H,4-5,8,10,12H2,1H3,(H,22,26). The van der Waals surface area contributed by atoms with Crippen molar-refractivity contribution in [3.05, 3.63) is 46.4 Å². The molecule has 1 fully saturated rings.